The summed E-state index contributed by atoms with van der Waals surface area (Å²) < 4.78 is 5.97. The molecular formula is C15H13IN2O4. The molecule has 0 aliphatic rings. The number of hydrogen-bond acceptors (Lipinski definition) is 4. The van der Waals surface area contributed by atoms with Gasteiger partial charge in [-0.3, -0.25) is 14.9 Å². The van der Waals surface area contributed by atoms with Crippen LogP contribution in [0.15, 0.2) is 42.5 Å². The van der Waals surface area contributed by atoms with Crippen LogP contribution in [0.25, 0.3) is 0 Å². The number of non-ortho nitro benzene ring substituents is 1. The van der Waals surface area contributed by atoms with E-state index in [2.05, 4.69) is 5.32 Å². The molecule has 1 N–H and O–H groups in total. The van der Waals surface area contributed by atoms with E-state index in [4.69, 9.17) is 4.74 Å². The van der Waals surface area contributed by atoms with Crippen LogP contribution in [-0.4, -0.2) is 17.4 Å². The highest BCUT2D eigenvalue weighted by molar-refractivity contribution is 14.1. The van der Waals surface area contributed by atoms with Gasteiger partial charge in [0.05, 0.1) is 17.1 Å². The van der Waals surface area contributed by atoms with Gasteiger partial charge in [-0.25, -0.2) is 0 Å². The number of halogens is 1. The molecule has 7 heteroatoms. The molecule has 0 aliphatic carbocycles. The van der Waals surface area contributed by atoms with Gasteiger partial charge in [0, 0.05) is 21.4 Å². The number of ether oxygens (including phenoxy) is 1. The number of nitrogens with one attached hydrogen (secondary N) is 1. The first-order valence-electron chi connectivity index (χ1n) is 6.49. The van der Waals surface area contributed by atoms with Gasteiger partial charge in [-0.05, 0) is 59.8 Å². The van der Waals surface area contributed by atoms with Crippen molar-refractivity contribution in [3.63, 3.8) is 0 Å². The van der Waals surface area contributed by atoms with Gasteiger partial charge in [0.1, 0.15) is 5.75 Å². The number of amides is 1. The first-order valence-corrected chi connectivity index (χ1v) is 7.57. The molecule has 0 aliphatic heterocycles. The molecule has 0 bridgehead atoms. The quantitative estimate of drug-likeness (QED) is 0.460. The van der Waals surface area contributed by atoms with Crippen molar-refractivity contribution in [2.75, 3.05) is 11.9 Å². The predicted octanol–water partition coefficient (Wildman–Crippen LogP) is 3.85. The van der Waals surface area contributed by atoms with Gasteiger partial charge < -0.3 is 10.1 Å². The van der Waals surface area contributed by atoms with E-state index in [1.165, 1.54) is 12.1 Å². The third-order valence-electron chi connectivity index (χ3n) is 2.83. The van der Waals surface area contributed by atoms with Crippen molar-refractivity contribution in [1.82, 2.24) is 0 Å². The molecule has 0 fully saturated rings. The maximum Gasteiger partial charge on any atom is 0.270 e. The van der Waals surface area contributed by atoms with Crippen LogP contribution in [0.5, 0.6) is 5.75 Å². The van der Waals surface area contributed by atoms with Gasteiger partial charge in [-0.15, -0.1) is 0 Å². The molecule has 0 aromatic heterocycles. The fourth-order valence-electron chi connectivity index (χ4n) is 1.80. The maximum absolute atomic E-state index is 12.3. The number of anilines is 1. The van der Waals surface area contributed by atoms with E-state index in [1.54, 1.807) is 30.3 Å². The lowest BCUT2D eigenvalue weighted by Crippen LogP contribution is -2.13. The number of nitro benzene ring substituents is 1. The lowest BCUT2D eigenvalue weighted by atomic mass is 10.2. The Kier molecular flexibility index (Phi) is 5.31. The van der Waals surface area contributed by atoms with Crippen LogP contribution in [0.3, 0.4) is 0 Å². The molecule has 6 nitrogen and oxygen atoms in total. The summed E-state index contributed by atoms with van der Waals surface area (Å²) in [6, 6.07) is 11.1. The van der Waals surface area contributed by atoms with Crippen LogP contribution >= 0.6 is 22.6 Å². The minimum absolute atomic E-state index is 0.114. The van der Waals surface area contributed by atoms with Crippen LogP contribution < -0.4 is 10.1 Å². The summed E-state index contributed by atoms with van der Waals surface area (Å²) in [5.41, 5.74) is 0.747. The van der Waals surface area contributed by atoms with E-state index in [9.17, 15) is 14.9 Å². The van der Waals surface area contributed by atoms with Gasteiger partial charge in [-0.2, -0.15) is 0 Å². The smallest absolute Gasteiger partial charge is 0.270 e. The lowest BCUT2D eigenvalue weighted by molar-refractivity contribution is -0.384. The van der Waals surface area contributed by atoms with Crippen LogP contribution in [0.1, 0.15) is 17.3 Å². The monoisotopic (exact) mass is 412 g/mol. The van der Waals surface area contributed by atoms with Crippen molar-refractivity contribution in [3.8, 4) is 5.75 Å². The number of nitrogens with zero attached hydrogens (tertiary/aromatic N) is 1. The molecule has 1 amide bonds. The third kappa shape index (κ3) is 3.94. The van der Waals surface area contributed by atoms with Gasteiger partial charge in [0.25, 0.3) is 11.6 Å². The summed E-state index contributed by atoms with van der Waals surface area (Å²) in [5.74, 6) is 0.322. The van der Waals surface area contributed by atoms with Crippen LogP contribution in [0.2, 0.25) is 0 Å². The van der Waals surface area contributed by atoms with E-state index in [1.807, 2.05) is 29.5 Å². The highest BCUT2D eigenvalue weighted by Gasteiger charge is 2.15. The second-order valence-electron chi connectivity index (χ2n) is 4.33. The number of hydrogen-bond donors (Lipinski definition) is 1. The maximum atomic E-state index is 12.3. The molecule has 0 unspecified atom stereocenters. The van der Waals surface area contributed by atoms with Crippen LogP contribution in [0.4, 0.5) is 11.4 Å². The topological polar surface area (TPSA) is 81.5 Å². The molecule has 0 atom stereocenters. The van der Waals surface area contributed by atoms with E-state index >= 15 is 0 Å². The molecule has 22 heavy (non-hydrogen) atoms. The Balaban J connectivity index is 2.18. The molecule has 0 spiro atoms. The zero-order valence-electron chi connectivity index (χ0n) is 11.7. The third-order valence-corrected chi connectivity index (χ3v) is 3.77. The van der Waals surface area contributed by atoms with Gasteiger partial charge in [-0.1, -0.05) is 0 Å². The van der Waals surface area contributed by atoms with Gasteiger partial charge >= 0.3 is 0 Å². The summed E-state index contributed by atoms with van der Waals surface area (Å²) >= 11 is 1.97. The molecule has 0 saturated carbocycles. The zero-order chi connectivity index (χ0) is 16.1. The molecule has 2 rings (SSSR count). The van der Waals surface area contributed by atoms with Crippen LogP contribution in [0, 0.1) is 13.7 Å². The Bertz CT molecular complexity index is 701. The molecule has 2 aromatic rings. The fourth-order valence-corrected chi connectivity index (χ4v) is 2.38. The first-order chi connectivity index (χ1) is 10.5. The first kappa shape index (κ1) is 16.2. The fraction of sp³-hybridized carbons (Fsp3) is 0.133. The highest BCUT2D eigenvalue weighted by Crippen LogP contribution is 2.22. The highest BCUT2D eigenvalue weighted by atomic mass is 127. The van der Waals surface area contributed by atoms with Crippen molar-refractivity contribution in [3.05, 3.63) is 61.7 Å². The normalized spacial score (nSPS) is 10.1. The van der Waals surface area contributed by atoms with Crippen molar-refractivity contribution >= 4 is 39.9 Å². The minimum Gasteiger partial charge on any atom is -0.494 e. The number of rotatable bonds is 5. The second kappa shape index (κ2) is 7.21. The van der Waals surface area contributed by atoms with E-state index < -0.39 is 10.8 Å². The largest absolute Gasteiger partial charge is 0.494 e. The molecular weight excluding hydrogens is 399 g/mol. The Labute approximate surface area is 140 Å². The summed E-state index contributed by atoms with van der Waals surface area (Å²) in [6.07, 6.45) is 0. The van der Waals surface area contributed by atoms with E-state index in [0.717, 1.165) is 0 Å². The standard InChI is InChI=1S/C15H13IN2O4/c1-2-22-12-6-3-10(4-7-12)17-15(19)13-9-11(18(20)21)5-8-14(13)16/h3-9H,2H2,1H3,(H,17,19). The lowest BCUT2D eigenvalue weighted by Gasteiger charge is -2.08. The molecule has 0 saturated heterocycles. The summed E-state index contributed by atoms with van der Waals surface area (Å²) in [7, 11) is 0. The van der Waals surface area contributed by atoms with Gasteiger partial charge in [0.15, 0.2) is 0 Å². The number of benzene rings is 2. The average Bonchev–Trinajstić information content (AvgIpc) is 2.49. The van der Waals surface area contributed by atoms with E-state index in [0.29, 0.717) is 21.6 Å². The predicted molar refractivity (Wildman–Crippen MR) is 91.4 cm³/mol. The number of nitro groups is 1. The van der Waals surface area contributed by atoms with Crippen molar-refractivity contribution < 1.29 is 14.5 Å². The molecule has 0 radical (unpaired) electrons. The van der Waals surface area contributed by atoms with Crippen molar-refractivity contribution in [2.45, 2.75) is 6.92 Å². The van der Waals surface area contributed by atoms with Gasteiger partial charge in [0.2, 0.25) is 0 Å². The second-order valence-corrected chi connectivity index (χ2v) is 5.49. The SMILES string of the molecule is CCOc1ccc(NC(=O)c2cc([N+](=O)[O-])ccc2I)cc1. The molecule has 2 aromatic carbocycles. The van der Waals surface area contributed by atoms with Crippen molar-refractivity contribution in [1.29, 1.82) is 0 Å². The Hall–Kier alpha value is -2.16. The summed E-state index contributed by atoms with van der Waals surface area (Å²) in [6.45, 7) is 2.46. The molecule has 114 valence electrons. The Morgan fingerprint density at radius 3 is 2.55 bits per heavy atom. The molecule has 0 heterocycles. The van der Waals surface area contributed by atoms with Crippen molar-refractivity contribution in [2.24, 2.45) is 0 Å². The summed E-state index contributed by atoms with van der Waals surface area (Å²) in [5, 5.41) is 13.5. The minimum atomic E-state index is -0.524. The van der Waals surface area contributed by atoms with Crippen LogP contribution in [-0.2, 0) is 0 Å². The number of carbonyl (C=O) groups excluding carboxylic acids is 1. The summed E-state index contributed by atoms with van der Waals surface area (Å²) in [4.78, 5) is 22.5. The number of carbonyl (C=O) groups is 1. The Morgan fingerprint density at radius 2 is 1.95 bits per heavy atom. The zero-order valence-corrected chi connectivity index (χ0v) is 13.9. The van der Waals surface area contributed by atoms with E-state index in [-0.39, 0.29) is 11.3 Å². The average molecular weight is 412 g/mol. The Morgan fingerprint density at radius 1 is 1.27 bits per heavy atom.